The molecule has 0 radical (unpaired) electrons. The molecule has 5 nitrogen and oxygen atoms in total. The normalized spacial score (nSPS) is 10.4. The Labute approximate surface area is 158 Å². The number of amides is 2. The first-order valence-corrected chi connectivity index (χ1v) is 8.66. The van der Waals surface area contributed by atoms with Crippen LogP contribution in [0.15, 0.2) is 42.5 Å². The van der Waals surface area contributed by atoms with Crippen LogP contribution >= 0.6 is 0 Å². The van der Waals surface area contributed by atoms with Gasteiger partial charge in [0.2, 0.25) is 11.8 Å². The molecule has 1 N–H and O–H groups in total. The van der Waals surface area contributed by atoms with E-state index in [1.54, 1.807) is 6.07 Å². The quantitative estimate of drug-likeness (QED) is 0.759. The van der Waals surface area contributed by atoms with Gasteiger partial charge in [0.15, 0.2) is 5.78 Å². The van der Waals surface area contributed by atoms with Gasteiger partial charge in [0.1, 0.15) is 5.82 Å². The molecule has 0 aliphatic carbocycles. The van der Waals surface area contributed by atoms with Crippen LogP contribution in [0.25, 0.3) is 0 Å². The number of carbonyl (C=O) groups excluding carboxylic acids is 3. The Morgan fingerprint density at radius 1 is 1.04 bits per heavy atom. The monoisotopic (exact) mass is 370 g/mol. The summed E-state index contributed by atoms with van der Waals surface area (Å²) in [5, 5.41) is 2.53. The standard InChI is InChI=1S/C21H23FN2O3/c1-14-7-8-15(2)18(11-14)19(25)9-10-21(27)24(3)13-20(26)23-17-6-4-5-16(22)12-17/h4-8,11-12H,9-10,13H2,1-3H3,(H,23,26). The number of hydrogen-bond donors (Lipinski definition) is 1. The number of likely N-dealkylation sites (N-methyl/N-ethyl adjacent to an activating group) is 1. The molecule has 6 heteroatoms. The maximum absolute atomic E-state index is 13.1. The lowest BCUT2D eigenvalue weighted by Gasteiger charge is -2.17. The number of anilines is 1. The molecule has 0 aromatic heterocycles. The third-order valence-electron chi connectivity index (χ3n) is 4.17. The van der Waals surface area contributed by atoms with Crippen molar-refractivity contribution in [1.29, 1.82) is 0 Å². The number of carbonyl (C=O) groups is 3. The molecule has 0 spiro atoms. The fraction of sp³-hybridized carbons (Fsp3) is 0.286. The van der Waals surface area contributed by atoms with E-state index in [2.05, 4.69) is 5.32 Å². The van der Waals surface area contributed by atoms with Crippen molar-refractivity contribution in [3.05, 3.63) is 65.0 Å². The number of ketones is 1. The van der Waals surface area contributed by atoms with Crippen LogP contribution in [-0.2, 0) is 9.59 Å². The second-order valence-corrected chi connectivity index (χ2v) is 6.55. The van der Waals surface area contributed by atoms with E-state index in [1.807, 2.05) is 32.0 Å². The lowest BCUT2D eigenvalue weighted by atomic mass is 9.99. The first-order chi connectivity index (χ1) is 12.8. The summed E-state index contributed by atoms with van der Waals surface area (Å²) >= 11 is 0. The van der Waals surface area contributed by atoms with E-state index in [-0.39, 0.29) is 31.1 Å². The highest BCUT2D eigenvalue weighted by Gasteiger charge is 2.16. The van der Waals surface area contributed by atoms with Crippen molar-refractivity contribution in [3.8, 4) is 0 Å². The summed E-state index contributed by atoms with van der Waals surface area (Å²) in [7, 11) is 1.50. The van der Waals surface area contributed by atoms with Crippen molar-refractivity contribution in [2.45, 2.75) is 26.7 Å². The summed E-state index contributed by atoms with van der Waals surface area (Å²) in [6.45, 7) is 3.59. The Morgan fingerprint density at radius 2 is 1.78 bits per heavy atom. The zero-order chi connectivity index (χ0) is 20.0. The van der Waals surface area contributed by atoms with E-state index >= 15 is 0 Å². The van der Waals surface area contributed by atoms with Crippen molar-refractivity contribution in [3.63, 3.8) is 0 Å². The molecular formula is C21H23FN2O3. The zero-order valence-corrected chi connectivity index (χ0v) is 15.7. The number of halogens is 1. The smallest absolute Gasteiger partial charge is 0.243 e. The minimum atomic E-state index is -0.456. The molecule has 2 aromatic carbocycles. The van der Waals surface area contributed by atoms with Gasteiger partial charge in [-0.2, -0.15) is 0 Å². The van der Waals surface area contributed by atoms with Crippen molar-refractivity contribution in [2.24, 2.45) is 0 Å². The zero-order valence-electron chi connectivity index (χ0n) is 15.7. The van der Waals surface area contributed by atoms with E-state index in [1.165, 1.54) is 30.1 Å². The van der Waals surface area contributed by atoms with Gasteiger partial charge in [-0.05, 0) is 43.7 Å². The summed E-state index contributed by atoms with van der Waals surface area (Å²) in [4.78, 5) is 37.8. The maximum atomic E-state index is 13.1. The summed E-state index contributed by atoms with van der Waals surface area (Å²) in [6.07, 6.45) is 0.106. The maximum Gasteiger partial charge on any atom is 0.243 e. The van der Waals surface area contributed by atoms with Crippen LogP contribution in [0.4, 0.5) is 10.1 Å². The minimum Gasteiger partial charge on any atom is -0.336 e. The summed E-state index contributed by atoms with van der Waals surface area (Å²) in [5.74, 6) is -1.29. The van der Waals surface area contributed by atoms with E-state index in [0.717, 1.165) is 11.1 Å². The molecule has 0 unspecified atom stereocenters. The molecule has 2 rings (SSSR count). The van der Waals surface area contributed by atoms with Gasteiger partial charge in [-0.3, -0.25) is 14.4 Å². The van der Waals surface area contributed by atoms with Gasteiger partial charge in [0.25, 0.3) is 0 Å². The topological polar surface area (TPSA) is 66.5 Å². The third kappa shape index (κ3) is 6.02. The highest BCUT2D eigenvalue weighted by atomic mass is 19.1. The minimum absolute atomic E-state index is 0.0238. The molecule has 0 heterocycles. The number of nitrogens with zero attached hydrogens (tertiary/aromatic N) is 1. The Morgan fingerprint density at radius 3 is 2.48 bits per heavy atom. The van der Waals surface area contributed by atoms with Crippen LogP contribution in [-0.4, -0.2) is 36.1 Å². The molecule has 0 saturated heterocycles. The van der Waals surface area contributed by atoms with Gasteiger partial charge in [-0.25, -0.2) is 4.39 Å². The number of Topliss-reactive ketones (excluding diaryl/α,β-unsaturated/α-hetero) is 1. The molecule has 0 saturated carbocycles. The molecule has 142 valence electrons. The molecule has 0 bridgehead atoms. The first-order valence-electron chi connectivity index (χ1n) is 8.66. The third-order valence-corrected chi connectivity index (χ3v) is 4.17. The van der Waals surface area contributed by atoms with E-state index < -0.39 is 11.7 Å². The number of rotatable bonds is 7. The summed E-state index contributed by atoms with van der Waals surface area (Å²) in [6, 6.07) is 11.2. The second-order valence-electron chi connectivity index (χ2n) is 6.55. The highest BCUT2D eigenvalue weighted by molar-refractivity contribution is 6.00. The lowest BCUT2D eigenvalue weighted by Crippen LogP contribution is -2.35. The van der Waals surface area contributed by atoms with E-state index in [9.17, 15) is 18.8 Å². The van der Waals surface area contributed by atoms with Gasteiger partial charge in [-0.15, -0.1) is 0 Å². The molecule has 0 aliphatic heterocycles. The Bertz CT molecular complexity index is 864. The molecule has 2 aromatic rings. The van der Waals surface area contributed by atoms with Crippen molar-refractivity contribution in [1.82, 2.24) is 4.90 Å². The van der Waals surface area contributed by atoms with Gasteiger partial charge in [0, 0.05) is 31.1 Å². The molecule has 0 aliphatic rings. The van der Waals surface area contributed by atoms with Crippen LogP contribution in [0.5, 0.6) is 0 Å². The number of nitrogens with one attached hydrogen (secondary N) is 1. The number of hydrogen-bond acceptors (Lipinski definition) is 3. The molecule has 27 heavy (non-hydrogen) atoms. The second kappa shape index (κ2) is 9.07. The molecule has 0 fully saturated rings. The summed E-state index contributed by atoms with van der Waals surface area (Å²) < 4.78 is 13.1. The van der Waals surface area contributed by atoms with Crippen molar-refractivity contribution >= 4 is 23.3 Å². The largest absolute Gasteiger partial charge is 0.336 e. The Balaban J connectivity index is 1.85. The highest BCUT2D eigenvalue weighted by Crippen LogP contribution is 2.14. The lowest BCUT2D eigenvalue weighted by molar-refractivity contribution is -0.133. The summed E-state index contributed by atoms with van der Waals surface area (Å²) in [5.41, 5.74) is 2.81. The molecule has 2 amide bonds. The van der Waals surface area contributed by atoms with Gasteiger partial charge in [-0.1, -0.05) is 23.8 Å². The number of aryl methyl sites for hydroxylation is 2. The van der Waals surface area contributed by atoms with E-state index in [4.69, 9.17) is 0 Å². The Kier molecular flexibility index (Phi) is 6.82. The fourth-order valence-corrected chi connectivity index (χ4v) is 2.65. The molecule has 0 atom stereocenters. The van der Waals surface area contributed by atoms with Crippen LogP contribution in [0.2, 0.25) is 0 Å². The number of benzene rings is 2. The van der Waals surface area contributed by atoms with Crippen LogP contribution in [0, 0.1) is 19.7 Å². The van der Waals surface area contributed by atoms with Crippen LogP contribution in [0.1, 0.15) is 34.3 Å². The van der Waals surface area contributed by atoms with E-state index in [0.29, 0.717) is 11.3 Å². The van der Waals surface area contributed by atoms with Crippen molar-refractivity contribution < 1.29 is 18.8 Å². The van der Waals surface area contributed by atoms with Gasteiger partial charge >= 0.3 is 0 Å². The fourth-order valence-electron chi connectivity index (χ4n) is 2.65. The van der Waals surface area contributed by atoms with Gasteiger partial charge in [0.05, 0.1) is 6.54 Å². The van der Waals surface area contributed by atoms with Crippen molar-refractivity contribution in [2.75, 3.05) is 18.9 Å². The average Bonchev–Trinajstić information content (AvgIpc) is 2.61. The first kappa shape index (κ1) is 20.3. The van der Waals surface area contributed by atoms with Crippen LogP contribution < -0.4 is 5.32 Å². The SMILES string of the molecule is Cc1ccc(C)c(C(=O)CCC(=O)N(C)CC(=O)Nc2cccc(F)c2)c1. The van der Waals surface area contributed by atoms with Gasteiger partial charge < -0.3 is 10.2 Å². The Hall–Kier alpha value is -3.02. The predicted molar refractivity (Wildman–Crippen MR) is 102 cm³/mol. The predicted octanol–water partition coefficient (Wildman–Crippen LogP) is 3.50. The average molecular weight is 370 g/mol. The molecular weight excluding hydrogens is 347 g/mol. The van der Waals surface area contributed by atoms with Crippen LogP contribution in [0.3, 0.4) is 0 Å².